The first kappa shape index (κ1) is 16.0. The van der Waals surface area contributed by atoms with E-state index >= 15 is 4.39 Å². The molecule has 0 spiro atoms. The quantitative estimate of drug-likeness (QED) is 0.849. The van der Waals surface area contributed by atoms with Gasteiger partial charge >= 0.3 is 0 Å². The molecule has 0 saturated heterocycles. The molecule has 1 aliphatic rings. The van der Waals surface area contributed by atoms with Crippen molar-refractivity contribution >= 4 is 0 Å². The van der Waals surface area contributed by atoms with E-state index in [1.807, 2.05) is 42.5 Å². The minimum atomic E-state index is -1.34. The van der Waals surface area contributed by atoms with Crippen molar-refractivity contribution in [2.24, 2.45) is 11.1 Å². The third kappa shape index (κ3) is 3.62. The zero-order valence-electron chi connectivity index (χ0n) is 13.3. The highest BCUT2D eigenvalue weighted by molar-refractivity contribution is 5.35. The second kappa shape index (κ2) is 6.15. The van der Waals surface area contributed by atoms with Crippen LogP contribution in [0.15, 0.2) is 54.1 Å². The van der Waals surface area contributed by atoms with Gasteiger partial charge in [-0.3, -0.25) is 0 Å². The molecule has 114 valence electrons. The Bertz CT molecular complexity index is 524. The fourth-order valence-corrected chi connectivity index (χ4v) is 3.38. The first-order chi connectivity index (χ1) is 9.87. The van der Waals surface area contributed by atoms with Crippen LogP contribution in [0.5, 0.6) is 0 Å². The number of rotatable bonds is 4. The van der Waals surface area contributed by atoms with Crippen LogP contribution in [0, 0.1) is 5.41 Å². The molecular weight excluding hydrogens is 261 g/mol. The number of benzene rings is 1. The predicted molar refractivity (Wildman–Crippen MR) is 88.0 cm³/mol. The summed E-state index contributed by atoms with van der Waals surface area (Å²) in [6.07, 6.45) is 6.92. The summed E-state index contributed by atoms with van der Waals surface area (Å²) >= 11 is 0. The molecule has 1 nitrogen and oxygen atoms in total. The van der Waals surface area contributed by atoms with Gasteiger partial charge in [-0.15, -0.1) is 0 Å². The van der Waals surface area contributed by atoms with Gasteiger partial charge in [0, 0.05) is 12.3 Å². The average Bonchev–Trinajstić information content (AvgIpc) is 2.41. The maximum absolute atomic E-state index is 15.7. The number of alkyl halides is 1. The lowest BCUT2D eigenvalue weighted by molar-refractivity contribution is 0.109. The monoisotopic (exact) mass is 287 g/mol. The van der Waals surface area contributed by atoms with Crippen LogP contribution in [0.25, 0.3) is 0 Å². The molecule has 0 aliphatic heterocycles. The number of allylic oxidation sites excluding steroid dienone is 3. The van der Waals surface area contributed by atoms with Crippen molar-refractivity contribution in [1.82, 2.24) is 0 Å². The third-order valence-corrected chi connectivity index (χ3v) is 4.16. The lowest BCUT2D eigenvalue weighted by atomic mass is 9.66. The van der Waals surface area contributed by atoms with Crippen LogP contribution in [0.3, 0.4) is 0 Å². The number of halogens is 1. The maximum Gasteiger partial charge on any atom is 0.140 e. The molecule has 0 heterocycles. The summed E-state index contributed by atoms with van der Waals surface area (Å²) in [5.41, 5.74) is 6.30. The van der Waals surface area contributed by atoms with E-state index in [0.717, 1.165) is 17.6 Å². The van der Waals surface area contributed by atoms with Gasteiger partial charge in [0.05, 0.1) is 0 Å². The summed E-state index contributed by atoms with van der Waals surface area (Å²) in [6.45, 7) is 6.94. The highest BCUT2D eigenvalue weighted by Crippen LogP contribution is 2.48. The van der Waals surface area contributed by atoms with Gasteiger partial charge in [-0.2, -0.15) is 0 Å². The summed E-state index contributed by atoms with van der Waals surface area (Å²) in [7, 11) is 0. The van der Waals surface area contributed by atoms with Crippen LogP contribution >= 0.6 is 0 Å². The lowest BCUT2D eigenvalue weighted by Crippen LogP contribution is -2.38. The van der Waals surface area contributed by atoms with Gasteiger partial charge in [0.2, 0.25) is 0 Å². The fraction of sp³-hybridized carbons (Fsp3) is 0.474. The molecule has 0 amide bonds. The van der Waals surface area contributed by atoms with Crippen molar-refractivity contribution in [2.45, 2.75) is 45.2 Å². The van der Waals surface area contributed by atoms with Crippen LogP contribution < -0.4 is 5.73 Å². The molecular formula is C19H26FN. The Morgan fingerprint density at radius 1 is 1.24 bits per heavy atom. The summed E-state index contributed by atoms with van der Waals surface area (Å²) in [6, 6.07) is 10.0. The molecule has 2 heteroatoms. The molecule has 2 N–H and O–H groups in total. The SMILES string of the molecule is CC(C)(C)C(c1ccccc1)C1(F)C=CC(CCN)=CC1. The summed E-state index contributed by atoms with van der Waals surface area (Å²) in [5.74, 6) is -0.168. The second-order valence-electron chi connectivity index (χ2n) is 6.99. The van der Waals surface area contributed by atoms with Crippen LogP contribution in [0.1, 0.15) is 45.1 Å². The molecule has 1 aromatic carbocycles. The number of hydrogen-bond donors (Lipinski definition) is 1. The zero-order chi connectivity index (χ0) is 15.5. The molecule has 2 atom stereocenters. The summed E-state index contributed by atoms with van der Waals surface area (Å²) in [4.78, 5) is 0. The van der Waals surface area contributed by atoms with Gasteiger partial charge in [-0.1, -0.05) is 68.8 Å². The van der Waals surface area contributed by atoms with E-state index in [4.69, 9.17) is 5.73 Å². The van der Waals surface area contributed by atoms with Crippen LogP contribution in [0.2, 0.25) is 0 Å². The smallest absolute Gasteiger partial charge is 0.140 e. The highest BCUT2D eigenvalue weighted by atomic mass is 19.1. The summed E-state index contributed by atoms with van der Waals surface area (Å²) in [5, 5.41) is 0. The molecule has 21 heavy (non-hydrogen) atoms. The van der Waals surface area contributed by atoms with E-state index in [0.29, 0.717) is 13.0 Å². The van der Waals surface area contributed by atoms with Crippen molar-refractivity contribution in [3.63, 3.8) is 0 Å². The first-order valence-electron chi connectivity index (χ1n) is 7.69. The molecule has 2 rings (SSSR count). The maximum atomic E-state index is 15.7. The van der Waals surface area contributed by atoms with Crippen LogP contribution in [-0.2, 0) is 0 Å². The Balaban J connectivity index is 2.34. The van der Waals surface area contributed by atoms with Crippen LogP contribution in [-0.4, -0.2) is 12.2 Å². The minimum absolute atomic E-state index is 0.153. The van der Waals surface area contributed by atoms with Gasteiger partial charge < -0.3 is 5.73 Å². The highest BCUT2D eigenvalue weighted by Gasteiger charge is 2.44. The van der Waals surface area contributed by atoms with Gasteiger partial charge in [-0.05, 0) is 30.0 Å². The largest absolute Gasteiger partial charge is 0.330 e. The second-order valence-corrected chi connectivity index (χ2v) is 6.99. The normalized spacial score (nSPS) is 23.8. The van der Waals surface area contributed by atoms with Crippen molar-refractivity contribution in [3.05, 3.63) is 59.7 Å². The Labute approximate surface area is 127 Å². The van der Waals surface area contributed by atoms with E-state index < -0.39 is 5.67 Å². The fourth-order valence-electron chi connectivity index (χ4n) is 3.38. The molecule has 1 aromatic rings. The van der Waals surface area contributed by atoms with E-state index in [-0.39, 0.29) is 11.3 Å². The van der Waals surface area contributed by atoms with Crippen molar-refractivity contribution in [2.75, 3.05) is 6.54 Å². The molecule has 2 unspecified atom stereocenters. The van der Waals surface area contributed by atoms with E-state index in [1.165, 1.54) is 0 Å². The van der Waals surface area contributed by atoms with E-state index in [2.05, 4.69) is 20.8 Å². The molecule has 1 aliphatic carbocycles. The van der Waals surface area contributed by atoms with Gasteiger partial charge in [0.25, 0.3) is 0 Å². The minimum Gasteiger partial charge on any atom is -0.330 e. The third-order valence-electron chi connectivity index (χ3n) is 4.16. The van der Waals surface area contributed by atoms with Gasteiger partial charge in [-0.25, -0.2) is 4.39 Å². The molecule has 0 saturated carbocycles. The van der Waals surface area contributed by atoms with E-state index in [1.54, 1.807) is 6.08 Å². The molecule has 0 radical (unpaired) electrons. The van der Waals surface area contributed by atoms with Crippen LogP contribution in [0.4, 0.5) is 4.39 Å². The van der Waals surface area contributed by atoms with Crippen molar-refractivity contribution < 1.29 is 4.39 Å². The molecule has 0 fully saturated rings. The van der Waals surface area contributed by atoms with Crippen molar-refractivity contribution in [3.8, 4) is 0 Å². The number of hydrogen-bond acceptors (Lipinski definition) is 1. The molecule has 0 aromatic heterocycles. The van der Waals surface area contributed by atoms with Gasteiger partial charge in [0.15, 0.2) is 0 Å². The average molecular weight is 287 g/mol. The Morgan fingerprint density at radius 3 is 2.38 bits per heavy atom. The predicted octanol–water partition coefficient (Wildman–Crippen LogP) is 4.76. The Hall–Kier alpha value is -1.41. The van der Waals surface area contributed by atoms with Crippen molar-refractivity contribution in [1.29, 1.82) is 0 Å². The van der Waals surface area contributed by atoms with Gasteiger partial charge in [0.1, 0.15) is 5.67 Å². The molecule has 0 bridgehead atoms. The Kier molecular flexibility index (Phi) is 4.67. The Morgan fingerprint density at radius 2 is 1.90 bits per heavy atom. The number of nitrogens with two attached hydrogens (primary N) is 1. The standard InChI is InChI=1S/C19H26FN/c1-18(2,3)17(16-7-5-4-6-8-16)19(20)12-9-15(10-13-19)11-14-21/h4-10,12,17H,11,13-14,21H2,1-3H3. The topological polar surface area (TPSA) is 26.0 Å². The zero-order valence-corrected chi connectivity index (χ0v) is 13.3. The van der Waals surface area contributed by atoms with E-state index in [9.17, 15) is 0 Å². The summed E-state index contributed by atoms with van der Waals surface area (Å²) < 4.78 is 15.7. The lowest BCUT2D eigenvalue weighted by Gasteiger charge is -2.41. The first-order valence-corrected chi connectivity index (χ1v) is 7.69.